The Morgan fingerprint density at radius 1 is 1.22 bits per heavy atom. The first kappa shape index (κ1) is 12.4. The molecule has 18 heavy (non-hydrogen) atoms. The summed E-state index contributed by atoms with van der Waals surface area (Å²) in [7, 11) is 0. The Labute approximate surface area is 103 Å². The highest BCUT2D eigenvalue weighted by Gasteiger charge is 2.14. The van der Waals surface area contributed by atoms with Gasteiger partial charge in [0.05, 0.1) is 5.71 Å². The quantitative estimate of drug-likeness (QED) is 0.644. The average molecular weight is 252 g/mol. The van der Waals surface area contributed by atoms with Crippen LogP contribution >= 0.6 is 0 Å². The number of aromatic hydroxyl groups is 1. The summed E-state index contributed by atoms with van der Waals surface area (Å²) in [6.45, 7) is 3.33. The van der Waals surface area contributed by atoms with Crippen LogP contribution in [-0.4, -0.2) is 38.9 Å². The zero-order valence-electron chi connectivity index (χ0n) is 10.2. The molecule has 1 aromatic heterocycles. The monoisotopic (exact) mass is 252 g/mol. The summed E-state index contributed by atoms with van der Waals surface area (Å²) in [5.41, 5.74) is -0.950. The number of aromatic amines is 2. The van der Waals surface area contributed by atoms with Crippen LogP contribution in [0, 0.1) is 0 Å². The van der Waals surface area contributed by atoms with Gasteiger partial charge in [-0.15, -0.1) is 0 Å². The Morgan fingerprint density at radius 2 is 1.89 bits per heavy atom. The molecule has 0 aliphatic carbocycles. The van der Waals surface area contributed by atoms with Gasteiger partial charge in [-0.2, -0.15) is 5.10 Å². The van der Waals surface area contributed by atoms with Crippen molar-refractivity contribution in [2.24, 2.45) is 5.10 Å². The van der Waals surface area contributed by atoms with E-state index < -0.39 is 17.1 Å². The van der Waals surface area contributed by atoms with Crippen molar-refractivity contribution in [2.45, 2.75) is 26.2 Å². The number of nitrogens with zero attached hydrogens (tertiary/aromatic N) is 2. The third-order valence-corrected chi connectivity index (χ3v) is 2.91. The Kier molecular flexibility index (Phi) is 3.50. The molecule has 0 spiro atoms. The van der Waals surface area contributed by atoms with Crippen LogP contribution in [0.1, 0.15) is 31.7 Å². The molecular formula is C11H16N4O3. The highest BCUT2D eigenvalue weighted by Crippen LogP contribution is 2.12. The molecule has 0 radical (unpaired) electrons. The van der Waals surface area contributed by atoms with Crippen LogP contribution in [0.4, 0.5) is 0 Å². The molecule has 0 amide bonds. The molecule has 1 aliphatic rings. The summed E-state index contributed by atoms with van der Waals surface area (Å²) in [4.78, 5) is 26.8. The van der Waals surface area contributed by atoms with Crippen molar-refractivity contribution < 1.29 is 5.11 Å². The van der Waals surface area contributed by atoms with Crippen LogP contribution in [-0.2, 0) is 0 Å². The minimum absolute atomic E-state index is 0.0140. The second kappa shape index (κ2) is 5.07. The Balaban J connectivity index is 2.33. The van der Waals surface area contributed by atoms with Crippen molar-refractivity contribution in [2.75, 3.05) is 13.1 Å². The van der Waals surface area contributed by atoms with Crippen LogP contribution < -0.4 is 11.2 Å². The van der Waals surface area contributed by atoms with Gasteiger partial charge in [0.2, 0.25) is 5.88 Å². The van der Waals surface area contributed by atoms with Gasteiger partial charge in [-0.1, -0.05) is 0 Å². The second-order valence-corrected chi connectivity index (χ2v) is 4.33. The number of nitrogens with one attached hydrogen (secondary N) is 2. The molecule has 1 saturated heterocycles. The van der Waals surface area contributed by atoms with Crippen LogP contribution in [0.25, 0.3) is 0 Å². The van der Waals surface area contributed by atoms with Gasteiger partial charge < -0.3 is 5.11 Å². The number of rotatable bonds is 2. The lowest BCUT2D eigenvalue weighted by molar-refractivity contribution is 0.239. The average Bonchev–Trinajstić information content (AvgIpc) is 2.28. The maximum Gasteiger partial charge on any atom is 0.328 e. The molecule has 0 atom stereocenters. The van der Waals surface area contributed by atoms with E-state index in [4.69, 9.17) is 0 Å². The first-order valence-electron chi connectivity index (χ1n) is 5.94. The van der Waals surface area contributed by atoms with Gasteiger partial charge in [-0.25, -0.2) is 4.79 Å². The van der Waals surface area contributed by atoms with Crippen molar-refractivity contribution >= 4 is 5.71 Å². The summed E-state index contributed by atoms with van der Waals surface area (Å²) in [6.07, 6.45) is 3.34. The van der Waals surface area contributed by atoms with E-state index in [1.54, 1.807) is 6.92 Å². The largest absolute Gasteiger partial charge is 0.494 e. The molecule has 7 nitrogen and oxygen atoms in total. The fourth-order valence-corrected chi connectivity index (χ4v) is 2.05. The highest BCUT2D eigenvalue weighted by molar-refractivity contribution is 5.99. The van der Waals surface area contributed by atoms with Gasteiger partial charge in [0.1, 0.15) is 5.56 Å². The topological polar surface area (TPSA) is 102 Å². The molecule has 1 aromatic rings. The zero-order chi connectivity index (χ0) is 13.1. The van der Waals surface area contributed by atoms with Crippen LogP contribution in [0.3, 0.4) is 0 Å². The molecular weight excluding hydrogens is 236 g/mol. The standard InChI is InChI=1S/C11H16N4O3/c1-7(14-15-5-3-2-4-6-15)8-9(16)12-11(18)13-10(8)17/h2-6H2,1H3,(H3,12,13,16,17,18). The zero-order valence-corrected chi connectivity index (χ0v) is 10.2. The van der Waals surface area contributed by atoms with Gasteiger partial charge in [-0.3, -0.25) is 19.8 Å². The van der Waals surface area contributed by atoms with E-state index in [1.165, 1.54) is 6.42 Å². The van der Waals surface area contributed by atoms with E-state index in [-0.39, 0.29) is 5.56 Å². The predicted molar refractivity (Wildman–Crippen MR) is 67.0 cm³/mol. The lowest BCUT2D eigenvalue weighted by Gasteiger charge is -2.24. The number of aromatic nitrogens is 2. The highest BCUT2D eigenvalue weighted by atomic mass is 16.3. The number of hydrazone groups is 1. The summed E-state index contributed by atoms with van der Waals surface area (Å²) in [5.74, 6) is -0.443. The van der Waals surface area contributed by atoms with Crippen molar-refractivity contribution in [3.8, 4) is 5.88 Å². The molecule has 0 bridgehead atoms. The normalized spacial score (nSPS) is 16.9. The van der Waals surface area contributed by atoms with E-state index in [0.717, 1.165) is 25.9 Å². The van der Waals surface area contributed by atoms with Crippen molar-refractivity contribution in [3.63, 3.8) is 0 Å². The van der Waals surface area contributed by atoms with Crippen LogP contribution in [0.2, 0.25) is 0 Å². The minimum Gasteiger partial charge on any atom is -0.494 e. The van der Waals surface area contributed by atoms with E-state index in [1.807, 2.05) is 5.01 Å². The van der Waals surface area contributed by atoms with E-state index in [9.17, 15) is 14.7 Å². The molecule has 1 aliphatic heterocycles. The molecule has 1 fully saturated rings. The number of hydrogen-bond acceptors (Lipinski definition) is 5. The second-order valence-electron chi connectivity index (χ2n) is 4.33. The third-order valence-electron chi connectivity index (χ3n) is 2.91. The SMILES string of the molecule is CC(=NN1CCCCC1)c1c(O)[nH]c(=O)[nH]c1=O. The van der Waals surface area contributed by atoms with Crippen molar-refractivity contribution in [1.82, 2.24) is 15.0 Å². The third kappa shape index (κ3) is 2.61. The Hall–Kier alpha value is -2.05. The summed E-state index contributed by atoms with van der Waals surface area (Å²) < 4.78 is 0. The predicted octanol–water partition coefficient (Wildman–Crippen LogP) is -0.0213. The number of H-pyrrole nitrogens is 2. The molecule has 7 heteroatoms. The maximum absolute atomic E-state index is 11.6. The van der Waals surface area contributed by atoms with Crippen molar-refractivity contribution in [3.05, 3.63) is 26.4 Å². The van der Waals surface area contributed by atoms with E-state index >= 15 is 0 Å². The molecule has 2 heterocycles. The smallest absolute Gasteiger partial charge is 0.328 e. The van der Waals surface area contributed by atoms with Gasteiger partial charge in [0, 0.05) is 13.1 Å². The fraction of sp³-hybridized carbons (Fsp3) is 0.545. The molecule has 0 saturated carbocycles. The summed E-state index contributed by atoms with van der Waals surface area (Å²) in [6, 6.07) is 0. The molecule has 3 N–H and O–H groups in total. The minimum atomic E-state index is -0.730. The fourth-order valence-electron chi connectivity index (χ4n) is 2.05. The summed E-state index contributed by atoms with van der Waals surface area (Å²) >= 11 is 0. The Morgan fingerprint density at radius 3 is 2.50 bits per heavy atom. The number of hydrogen-bond donors (Lipinski definition) is 3. The van der Waals surface area contributed by atoms with Gasteiger partial charge >= 0.3 is 5.69 Å². The lowest BCUT2D eigenvalue weighted by Crippen LogP contribution is -2.30. The maximum atomic E-state index is 11.6. The molecule has 98 valence electrons. The number of piperidine rings is 1. The molecule has 2 rings (SSSR count). The lowest BCUT2D eigenvalue weighted by atomic mass is 10.2. The van der Waals surface area contributed by atoms with Crippen molar-refractivity contribution in [1.29, 1.82) is 0 Å². The van der Waals surface area contributed by atoms with E-state index in [0.29, 0.717) is 5.71 Å². The van der Waals surface area contributed by atoms with Crippen LogP contribution in [0.15, 0.2) is 14.7 Å². The first-order chi connectivity index (χ1) is 8.58. The molecule has 0 aromatic carbocycles. The van der Waals surface area contributed by atoms with Gasteiger partial charge in [0.25, 0.3) is 5.56 Å². The Bertz CT molecular complexity index is 566. The first-order valence-corrected chi connectivity index (χ1v) is 5.94. The summed E-state index contributed by atoms with van der Waals surface area (Å²) in [5, 5.41) is 15.8. The molecule has 0 unspecified atom stereocenters. The van der Waals surface area contributed by atoms with Crippen LogP contribution in [0.5, 0.6) is 5.88 Å². The van der Waals surface area contributed by atoms with Gasteiger partial charge in [0.15, 0.2) is 0 Å². The van der Waals surface area contributed by atoms with Gasteiger partial charge in [-0.05, 0) is 26.2 Å². The van der Waals surface area contributed by atoms with E-state index in [2.05, 4.69) is 15.1 Å².